The van der Waals surface area contributed by atoms with Gasteiger partial charge in [0.25, 0.3) is 0 Å². The van der Waals surface area contributed by atoms with Crippen molar-refractivity contribution in [2.45, 2.75) is 30.4 Å². The number of ether oxygens (including phenoxy) is 1. The molecule has 0 saturated carbocycles. The second-order valence-corrected chi connectivity index (χ2v) is 9.98. The van der Waals surface area contributed by atoms with Crippen molar-refractivity contribution in [1.82, 2.24) is 4.90 Å². The number of aliphatic hydroxyl groups excluding tert-OH is 1. The van der Waals surface area contributed by atoms with Gasteiger partial charge in [0.2, 0.25) is 0 Å². The predicted octanol–water partition coefficient (Wildman–Crippen LogP) is 3.57. The van der Waals surface area contributed by atoms with E-state index in [2.05, 4.69) is 11.8 Å². The third-order valence-corrected chi connectivity index (χ3v) is 6.53. The lowest BCUT2D eigenvalue weighted by molar-refractivity contribution is 0.107. The van der Waals surface area contributed by atoms with Crippen LogP contribution in [0.1, 0.15) is 25.0 Å². The zero-order valence-electron chi connectivity index (χ0n) is 16.1. The number of benzene rings is 2. The standard InChI is InChI=1S/C21H26ClNO4S/c1-15-10-16(14-27-19-6-8-20(9-7-19)28(2,25)26)12-23(15)13-21(24)17-4-3-5-18(22)11-17/h3-9,11,15-16,21,24H,10,12-14H2,1-2H3. The molecule has 5 nitrogen and oxygen atoms in total. The van der Waals surface area contributed by atoms with E-state index in [9.17, 15) is 13.5 Å². The largest absolute Gasteiger partial charge is 0.493 e. The van der Waals surface area contributed by atoms with Crippen LogP contribution in [0.25, 0.3) is 0 Å². The van der Waals surface area contributed by atoms with Gasteiger partial charge in [0.1, 0.15) is 5.75 Å². The molecule has 0 amide bonds. The summed E-state index contributed by atoms with van der Waals surface area (Å²) in [5, 5.41) is 11.2. The van der Waals surface area contributed by atoms with Gasteiger partial charge in [0.05, 0.1) is 17.6 Å². The van der Waals surface area contributed by atoms with Gasteiger partial charge in [-0.15, -0.1) is 0 Å². The molecule has 1 saturated heterocycles. The van der Waals surface area contributed by atoms with Crippen LogP contribution in [-0.2, 0) is 9.84 Å². The highest BCUT2D eigenvalue weighted by molar-refractivity contribution is 7.90. The number of halogens is 1. The number of hydrogen-bond acceptors (Lipinski definition) is 5. The number of sulfone groups is 1. The maximum absolute atomic E-state index is 11.5. The summed E-state index contributed by atoms with van der Waals surface area (Å²) < 4.78 is 28.9. The van der Waals surface area contributed by atoms with Crippen molar-refractivity contribution in [2.24, 2.45) is 5.92 Å². The van der Waals surface area contributed by atoms with Crippen LogP contribution in [0, 0.1) is 5.92 Å². The summed E-state index contributed by atoms with van der Waals surface area (Å²) in [6.07, 6.45) is 1.60. The van der Waals surface area contributed by atoms with E-state index in [1.54, 1.807) is 36.4 Å². The Balaban J connectivity index is 1.52. The van der Waals surface area contributed by atoms with E-state index in [0.717, 1.165) is 18.5 Å². The Morgan fingerprint density at radius 1 is 1.25 bits per heavy atom. The Bertz CT molecular complexity index is 901. The molecular formula is C21H26ClNO4S. The first-order valence-electron chi connectivity index (χ1n) is 9.33. The molecule has 1 fully saturated rings. The summed E-state index contributed by atoms with van der Waals surface area (Å²) in [5.41, 5.74) is 0.824. The molecule has 0 aliphatic carbocycles. The van der Waals surface area contributed by atoms with Crippen molar-refractivity contribution >= 4 is 21.4 Å². The molecule has 3 unspecified atom stereocenters. The van der Waals surface area contributed by atoms with E-state index >= 15 is 0 Å². The molecule has 0 bridgehead atoms. The third-order valence-electron chi connectivity index (χ3n) is 5.17. The predicted molar refractivity (Wildman–Crippen MR) is 111 cm³/mol. The van der Waals surface area contributed by atoms with Crippen LogP contribution >= 0.6 is 11.6 Å². The molecule has 3 atom stereocenters. The molecule has 2 aromatic rings. The lowest BCUT2D eigenvalue weighted by Gasteiger charge is -2.24. The Labute approximate surface area is 171 Å². The van der Waals surface area contributed by atoms with Gasteiger partial charge in [-0.25, -0.2) is 8.42 Å². The Kier molecular flexibility index (Phi) is 6.65. The number of rotatable bonds is 7. The zero-order chi connectivity index (χ0) is 20.3. The molecule has 1 heterocycles. The first-order valence-corrected chi connectivity index (χ1v) is 11.6. The van der Waals surface area contributed by atoms with Crippen molar-refractivity contribution in [3.05, 3.63) is 59.1 Å². The number of aliphatic hydroxyl groups is 1. The fraction of sp³-hybridized carbons (Fsp3) is 0.429. The van der Waals surface area contributed by atoms with Crippen molar-refractivity contribution in [1.29, 1.82) is 0 Å². The fourth-order valence-electron chi connectivity index (χ4n) is 3.63. The smallest absolute Gasteiger partial charge is 0.175 e. The van der Waals surface area contributed by atoms with Crippen LogP contribution < -0.4 is 4.74 Å². The highest BCUT2D eigenvalue weighted by Gasteiger charge is 2.31. The normalized spacial score (nSPS) is 21.6. The van der Waals surface area contributed by atoms with Crippen LogP contribution in [0.2, 0.25) is 5.02 Å². The first-order chi connectivity index (χ1) is 13.2. The Morgan fingerprint density at radius 3 is 2.61 bits per heavy atom. The Hall–Kier alpha value is -1.60. The van der Waals surface area contributed by atoms with Gasteiger partial charge in [0.15, 0.2) is 9.84 Å². The molecule has 1 N–H and O–H groups in total. The molecule has 28 heavy (non-hydrogen) atoms. The number of nitrogens with zero attached hydrogens (tertiary/aromatic N) is 1. The maximum atomic E-state index is 11.5. The summed E-state index contributed by atoms with van der Waals surface area (Å²) in [6, 6.07) is 14.2. The van der Waals surface area contributed by atoms with Gasteiger partial charge >= 0.3 is 0 Å². The van der Waals surface area contributed by atoms with Gasteiger partial charge in [-0.05, 0) is 55.3 Å². The van der Waals surface area contributed by atoms with Gasteiger partial charge in [0, 0.05) is 36.3 Å². The van der Waals surface area contributed by atoms with E-state index in [4.69, 9.17) is 16.3 Å². The minimum Gasteiger partial charge on any atom is -0.493 e. The molecule has 2 aromatic carbocycles. The fourth-order valence-corrected chi connectivity index (χ4v) is 4.46. The monoisotopic (exact) mass is 423 g/mol. The third kappa shape index (κ3) is 5.47. The number of likely N-dealkylation sites (tertiary alicyclic amines) is 1. The van der Waals surface area contributed by atoms with Gasteiger partial charge in [-0.2, -0.15) is 0 Å². The molecule has 7 heteroatoms. The lowest BCUT2D eigenvalue weighted by atomic mass is 10.1. The average Bonchev–Trinajstić information content (AvgIpc) is 2.99. The van der Waals surface area contributed by atoms with Gasteiger partial charge in [-0.3, -0.25) is 4.90 Å². The topological polar surface area (TPSA) is 66.8 Å². The second kappa shape index (κ2) is 8.82. The first kappa shape index (κ1) is 21.1. The minimum absolute atomic E-state index is 0.288. The highest BCUT2D eigenvalue weighted by atomic mass is 35.5. The van der Waals surface area contributed by atoms with Crippen LogP contribution in [0.15, 0.2) is 53.4 Å². The molecule has 3 rings (SSSR count). The van der Waals surface area contributed by atoms with E-state index in [0.29, 0.717) is 35.9 Å². The summed E-state index contributed by atoms with van der Waals surface area (Å²) in [6.45, 7) is 4.12. The maximum Gasteiger partial charge on any atom is 0.175 e. The molecule has 0 aromatic heterocycles. The average molecular weight is 424 g/mol. The number of β-amino-alcohol motifs (C(OH)–C–C–N with tert-alkyl or cyclic N) is 1. The van der Waals surface area contributed by atoms with Crippen molar-refractivity contribution in [3.8, 4) is 5.75 Å². The zero-order valence-corrected chi connectivity index (χ0v) is 17.7. The Morgan fingerprint density at radius 2 is 1.96 bits per heavy atom. The van der Waals surface area contributed by atoms with Crippen molar-refractivity contribution < 1.29 is 18.3 Å². The summed E-state index contributed by atoms with van der Waals surface area (Å²) in [7, 11) is -3.20. The summed E-state index contributed by atoms with van der Waals surface area (Å²) >= 11 is 6.02. The molecule has 1 aliphatic rings. The van der Waals surface area contributed by atoms with Crippen LogP contribution in [-0.4, -0.2) is 50.4 Å². The highest BCUT2D eigenvalue weighted by Crippen LogP contribution is 2.27. The van der Waals surface area contributed by atoms with Crippen LogP contribution in [0.4, 0.5) is 0 Å². The molecule has 0 radical (unpaired) electrons. The minimum atomic E-state index is -3.20. The summed E-state index contributed by atoms with van der Waals surface area (Å²) in [5.74, 6) is 1.02. The van der Waals surface area contributed by atoms with Gasteiger partial charge < -0.3 is 9.84 Å². The SMILES string of the molecule is CC1CC(COc2ccc(S(C)(=O)=O)cc2)CN1CC(O)c1cccc(Cl)c1. The summed E-state index contributed by atoms with van der Waals surface area (Å²) in [4.78, 5) is 2.56. The van der Waals surface area contributed by atoms with E-state index < -0.39 is 15.9 Å². The van der Waals surface area contributed by atoms with Crippen LogP contribution in [0.3, 0.4) is 0 Å². The van der Waals surface area contributed by atoms with Crippen molar-refractivity contribution in [3.63, 3.8) is 0 Å². The molecule has 152 valence electrons. The quantitative estimate of drug-likeness (QED) is 0.737. The molecule has 1 aliphatic heterocycles. The lowest BCUT2D eigenvalue weighted by Crippen LogP contribution is -2.32. The second-order valence-electron chi connectivity index (χ2n) is 7.53. The van der Waals surface area contributed by atoms with Crippen molar-refractivity contribution in [2.75, 3.05) is 26.0 Å². The molecular weight excluding hydrogens is 398 g/mol. The van der Waals surface area contributed by atoms with Crippen LogP contribution in [0.5, 0.6) is 5.75 Å². The number of hydrogen-bond donors (Lipinski definition) is 1. The van der Waals surface area contributed by atoms with E-state index in [-0.39, 0.29) is 4.90 Å². The van der Waals surface area contributed by atoms with Gasteiger partial charge in [-0.1, -0.05) is 23.7 Å². The van der Waals surface area contributed by atoms with E-state index in [1.807, 2.05) is 12.1 Å². The van der Waals surface area contributed by atoms with E-state index in [1.165, 1.54) is 6.26 Å². The molecule has 0 spiro atoms.